The average molecular weight is 941 g/mol. The number of cyclic esters (lactones) is 1. The molecule has 2 N–H and O–H groups in total. The van der Waals surface area contributed by atoms with Crippen molar-refractivity contribution >= 4 is 24.2 Å². The monoisotopic (exact) mass is 941 g/mol. The molecule has 66 heavy (non-hydrogen) atoms. The molecule has 4 aliphatic rings. The van der Waals surface area contributed by atoms with Crippen LogP contribution in [0.15, 0.2) is 24.3 Å². The van der Waals surface area contributed by atoms with Gasteiger partial charge in [-0.1, -0.05) is 38.2 Å². The predicted molar refractivity (Wildman–Crippen MR) is 241 cm³/mol. The summed E-state index contributed by atoms with van der Waals surface area (Å²) in [6.45, 7) is 13.7. The van der Waals surface area contributed by atoms with E-state index in [2.05, 4.69) is 4.90 Å². The Morgan fingerprint density at radius 1 is 0.894 bits per heavy atom. The lowest BCUT2D eigenvalue weighted by molar-refractivity contribution is -0.344. The number of aliphatic hydroxyl groups is 2. The Labute approximate surface area is 391 Å². The molecule has 0 aromatic rings. The van der Waals surface area contributed by atoms with E-state index in [1.54, 1.807) is 53.6 Å². The predicted octanol–water partition coefficient (Wildman–Crippen LogP) is 3.86. The van der Waals surface area contributed by atoms with Crippen molar-refractivity contribution in [3.63, 3.8) is 0 Å². The lowest BCUT2D eigenvalue weighted by Gasteiger charge is -2.50. The molecule has 0 saturated carbocycles. The number of likely N-dealkylation sites (N-methyl/N-ethyl adjacent to an activating group) is 2. The molecule has 3 saturated heterocycles. The van der Waals surface area contributed by atoms with Gasteiger partial charge in [0.2, 0.25) is 0 Å². The van der Waals surface area contributed by atoms with Crippen molar-refractivity contribution < 1.29 is 76.8 Å². The Hall–Kier alpha value is -2.88. The first-order chi connectivity index (χ1) is 31.1. The number of hydrogen-bond acceptors (Lipinski definition) is 18. The van der Waals surface area contributed by atoms with Gasteiger partial charge in [-0.3, -0.25) is 14.4 Å². The summed E-state index contributed by atoms with van der Waals surface area (Å²) in [6, 6.07) is -0.545. The Balaban J connectivity index is 1.73. The van der Waals surface area contributed by atoms with Gasteiger partial charge in [-0.25, -0.2) is 0 Å². The minimum Gasteiger partial charge on any atom is -0.462 e. The van der Waals surface area contributed by atoms with Crippen LogP contribution in [0, 0.1) is 11.8 Å². The van der Waals surface area contributed by atoms with Gasteiger partial charge in [0.1, 0.15) is 42.4 Å². The minimum absolute atomic E-state index is 0.00317. The van der Waals surface area contributed by atoms with Crippen LogP contribution in [0.5, 0.6) is 0 Å². The zero-order valence-electron chi connectivity index (χ0n) is 41.4. The summed E-state index contributed by atoms with van der Waals surface area (Å²) in [6.07, 6.45) is -1.89. The molecule has 4 heterocycles. The normalized spacial score (nSPS) is 42.0. The van der Waals surface area contributed by atoms with Crippen LogP contribution < -0.4 is 0 Å². The van der Waals surface area contributed by atoms with Crippen molar-refractivity contribution in [2.24, 2.45) is 11.8 Å². The van der Waals surface area contributed by atoms with Crippen LogP contribution in [-0.4, -0.2) is 183 Å². The van der Waals surface area contributed by atoms with Gasteiger partial charge < -0.3 is 72.2 Å². The number of aldehydes is 1. The number of carbonyl (C=O) groups excluding carboxylic acids is 4. The molecule has 3 fully saturated rings. The first-order valence-corrected chi connectivity index (χ1v) is 23.6. The molecule has 0 aromatic heterocycles. The van der Waals surface area contributed by atoms with Crippen LogP contribution in [0.3, 0.4) is 0 Å². The largest absolute Gasteiger partial charge is 0.462 e. The fraction of sp³-hybridized carbons (Fsp3) is 0.833. The Bertz CT molecular complexity index is 1610. The number of hydrogen-bond donors (Lipinski definition) is 2. The van der Waals surface area contributed by atoms with Crippen molar-refractivity contribution in [2.75, 3.05) is 35.3 Å². The van der Waals surface area contributed by atoms with Gasteiger partial charge in [0.05, 0.1) is 43.0 Å². The van der Waals surface area contributed by atoms with Gasteiger partial charge in [0.15, 0.2) is 25.0 Å². The van der Waals surface area contributed by atoms with E-state index < -0.39 is 115 Å². The molecular formula is C48H80N2O16. The third-order valence-electron chi connectivity index (χ3n) is 13.2. The van der Waals surface area contributed by atoms with Crippen LogP contribution in [0.4, 0.5) is 0 Å². The Morgan fingerprint density at radius 2 is 1.59 bits per heavy atom. The Kier molecular flexibility index (Phi) is 21.7. The van der Waals surface area contributed by atoms with Crippen molar-refractivity contribution in [3.8, 4) is 0 Å². The van der Waals surface area contributed by atoms with Gasteiger partial charge in [-0.15, -0.1) is 0 Å². The van der Waals surface area contributed by atoms with Crippen LogP contribution in [-0.2, 0) is 66.5 Å². The summed E-state index contributed by atoms with van der Waals surface area (Å²) < 4.78 is 62.4. The standard InChI is InChI=1S/C48H80N2O16/c1-14-37(53)63-36-25-38(54)58-28(3)18-16-15-17-19-35(64-39-21-20-34(49(9)10)29(4)59-39)27(2)24-33(22-23-51)44(45(36)57-13)66-47-42(55)41(50(11)12)43(30(5)61-47)65-40-26-48(8,56)46(31(6)60-40)62-32(7)52/h15-17,19,23,27-31,33-36,39-47,55-56H,14,18,20-22,24-26H2,1-13H3/b16-15-,19-17-. The van der Waals surface area contributed by atoms with Gasteiger partial charge >= 0.3 is 17.9 Å². The smallest absolute Gasteiger partial charge is 0.309 e. The van der Waals surface area contributed by atoms with E-state index in [1.807, 2.05) is 52.2 Å². The number of rotatable bonds is 14. The fourth-order valence-electron chi connectivity index (χ4n) is 9.84. The SMILES string of the molecule is CCC(=O)OC1CC(=O)OC(C)C/C=C\C=C/C(OC2CCC(N(C)C)C(C)O2)C(C)CC(CC=O)C(OC2OC(C)C(OC3CC(C)(O)C(OC(C)=O)C(C)O3)C(N(C)C)C2O)C1OC. The summed E-state index contributed by atoms with van der Waals surface area (Å²) >= 11 is 0. The van der Waals surface area contributed by atoms with Crippen molar-refractivity contribution in [1.29, 1.82) is 0 Å². The van der Waals surface area contributed by atoms with Crippen molar-refractivity contribution in [1.82, 2.24) is 9.80 Å². The highest BCUT2D eigenvalue weighted by Gasteiger charge is 2.53. The second-order valence-electron chi connectivity index (χ2n) is 19.2. The summed E-state index contributed by atoms with van der Waals surface area (Å²) in [5.74, 6) is -2.72. The summed E-state index contributed by atoms with van der Waals surface area (Å²) in [5.41, 5.74) is -1.50. The lowest BCUT2D eigenvalue weighted by atomic mass is 9.82. The van der Waals surface area contributed by atoms with Gasteiger partial charge in [-0.2, -0.15) is 0 Å². The van der Waals surface area contributed by atoms with Crippen LogP contribution in [0.2, 0.25) is 0 Å². The quantitative estimate of drug-likeness (QED) is 0.144. The van der Waals surface area contributed by atoms with E-state index in [-0.39, 0.29) is 43.7 Å². The first-order valence-electron chi connectivity index (χ1n) is 23.6. The summed E-state index contributed by atoms with van der Waals surface area (Å²) in [4.78, 5) is 55.1. The number of methoxy groups -OCH3 is 1. The van der Waals surface area contributed by atoms with E-state index in [0.29, 0.717) is 19.3 Å². The zero-order valence-corrected chi connectivity index (χ0v) is 41.4. The maximum Gasteiger partial charge on any atom is 0.309 e. The zero-order chi connectivity index (χ0) is 49.0. The molecule has 18 heteroatoms. The molecule has 0 amide bonds. The summed E-state index contributed by atoms with van der Waals surface area (Å²) in [7, 11) is 9.01. The van der Waals surface area contributed by atoms with Gasteiger partial charge in [-0.05, 0) is 93.9 Å². The third kappa shape index (κ3) is 15.3. The second kappa shape index (κ2) is 25.6. The molecule has 0 radical (unpaired) electrons. The lowest BCUT2D eigenvalue weighted by Crippen LogP contribution is -2.66. The molecule has 18 nitrogen and oxygen atoms in total. The van der Waals surface area contributed by atoms with E-state index in [4.69, 9.17) is 47.4 Å². The summed E-state index contributed by atoms with van der Waals surface area (Å²) in [5, 5.41) is 23.6. The molecule has 378 valence electrons. The van der Waals surface area contributed by atoms with E-state index in [1.165, 1.54) is 14.0 Å². The van der Waals surface area contributed by atoms with Crippen molar-refractivity contribution in [3.05, 3.63) is 24.3 Å². The average Bonchev–Trinajstić information content (AvgIpc) is 3.22. The van der Waals surface area contributed by atoms with Crippen LogP contribution in [0.25, 0.3) is 0 Å². The minimum atomic E-state index is -1.50. The molecule has 0 spiro atoms. The molecule has 4 rings (SSSR count). The highest BCUT2D eigenvalue weighted by atomic mass is 16.7. The maximum absolute atomic E-state index is 13.6. The highest BCUT2D eigenvalue weighted by Crippen LogP contribution is 2.38. The van der Waals surface area contributed by atoms with Gasteiger partial charge in [0, 0.05) is 45.8 Å². The van der Waals surface area contributed by atoms with Crippen molar-refractivity contribution in [2.45, 2.75) is 210 Å². The number of esters is 3. The number of allylic oxidation sites excluding steroid dienone is 2. The molecule has 19 atom stereocenters. The third-order valence-corrected chi connectivity index (χ3v) is 13.2. The van der Waals surface area contributed by atoms with E-state index in [9.17, 15) is 29.4 Å². The van der Waals surface area contributed by atoms with E-state index in [0.717, 1.165) is 12.7 Å². The molecular weight excluding hydrogens is 861 g/mol. The molecule has 4 aliphatic heterocycles. The molecule has 0 bridgehead atoms. The highest BCUT2D eigenvalue weighted by molar-refractivity contribution is 5.72. The molecule has 19 unspecified atom stereocenters. The first kappa shape index (κ1) is 55.7. The second-order valence-corrected chi connectivity index (χ2v) is 19.2. The molecule has 0 aliphatic carbocycles. The Morgan fingerprint density at radius 3 is 2.18 bits per heavy atom. The molecule has 0 aromatic carbocycles. The number of carbonyl (C=O) groups is 4. The number of ether oxygens (including phenoxy) is 10. The number of nitrogens with zero attached hydrogens (tertiary/aromatic N) is 2. The number of aliphatic hydroxyl groups excluding tert-OH is 1. The van der Waals surface area contributed by atoms with Crippen LogP contribution in [0.1, 0.15) is 107 Å². The van der Waals surface area contributed by atoms with Gasteiger partial charge in [0.25, 0.3) is 0 Å². The fourth-order valence-corrected chi connectivity index (χ4v) is 9.84. The maximum atomic E-state index is 13.6. The van der Waals surface area contributed by atoms with E-state index >= 15 is 0 Å². The van der Waals surface area contributed by atoms with Crippen LogP contribution >= 0.6 is 0 Å². The topological polar surface area (TPSA) is 208 Å².